The summed E-state index contributed by atoms with van der Waals surface area (Å²) in [5.41, 5.74) is 2.08. The molecule has 1 amide bonds. The van der Waals surface area contributed by atoms with E-state index in [1.807, 2.05) is 11.0 Å². The zero-order valence-electron chi connectivity index (χ0n) is 15.6. The number of hydrogen-bond donors (Lipinski definition) is 3. The molecule has 2 aliphatic rings. The predicted molar refractivity (Wildman–Crippen MR) is 107 cm³/mol. The maximum absolute atomic E-state index is 13.2. The number of rotatable bonds is 4. The number of phenolic OH excluding ortho intramolecular Hbond substituents is 1. The molecule has 9 heteroatoms. The van der Waals surface area contributed by atoms with Gasteiger partial charge in [-0.1, -0.05) is 18.2 Å². The molecule has 2 aromatic rings. The number of guanidine groups is 1. The molecule has 0 bridgehead atoms. The molecule has 1 atom stereocenters. The number of nitrogens with one attached hydrogen (secondary N) is 2. The van der Waals surface area contributed by atoms with Gasteiger partial charge in [0.25, 0.3) is 11.6 Å². The molecule has 4 rings (SSSR count). The molecule has 2 heterocycles. The van der Waals surface area contributed by atoms with E-state index in [1.54, 1.807) is 25.1 Å². The predicted octanol–water partition coefficient (Wildman–Crippen LogP) is 2.53. The van der Waals surface area contributed by atoms with E-state index < -0.39 is 11.0 Å². The van der Waals surface area contributed by atoms with Crippen LogP contribution in [0.5, 0.6) is 5.75 Å². The number of para-hydroxylation sites is 1. The molecule has 0 saturated carbocycles. The minimum absolute atomic E-state index is 0.0530. The minimum atomic E-state index is -0.503. The first-order chi connectivity index (χ1) is 14.0. The summed E-state index contributed by atoms with van der Waals surface area (Å²) < 4.78 is 0. The summed E-state index contributed by atoms with van der Waals surface area (Å²) in [6.45, 7) is 3.00. The van der Waals surface area contributed by atoms with Crippen molar-refractivity contribution < 1.29 is 14.8 Å². The van der Waals surface area contributed by atoms with Crippen molar-refractivity contribution >= 4 is 23.2 Å². The normalized spacial score (nSPS) is 18.0. The molecule has 9 nitrogen and oxygen atoms in total. The summed E-state index contributed by atoms with van der Waals surface area (Å²) in [4.78, 5) is 29.9. The topological polar surface area (TPSA) is 120 Å². The number of aliphatic imine (C=N–C) groups is 1. The zero-order chi connectivity index (χ0) is 20.5. The van der Waals surface area contributed by atoms with E-state index in [0.29, 0.717) is 41.6 Å². The molecule has 0 spiro atoms. The molecule has 0 aromatic heterocycles. The standard InChI is InChI=1S/C20H19N5O4/c1-12-17(19(27)23-13-6-8-14(9-7-13)25(28)29)18(15-4-2-3-5-16(15)26)24-11-10-21-20(24)22-12/h2-9,18,26H,10-11H2,1H3,(H,21,22)(H,23,27). The van der Waals surface area contributed by atoms with Crippen molar-refractivity contribution in [3.63, 3.8) is 0 Å². The number of nitro benzene ring substituents is 1. The molecule has 0 aliphatic carbocycles. The summed E-state index contributed by atoms with van der Waals surface area (Å²) in [6, 6.07) is 12.1. The summed E-state index contributed by atoms with van der Waals surface area (Å²) in [7, 11) is 0. The molecule has 2 aliphatic heterocycles. The highest BCUT2D eigenvalue weighted by atomic mass is 16.6. The third-order valence-corrected chi connectivity index (χ3v) is 4.97. The summed E-state index contributed by atoms with van der Waals surface area (Å²) in [5, 5.41) is 27.2. The molecular formula is C20H19N5O4. The van der Waals surface area contributed by atoms with Crippen LogP contribution in [0, 0.1) is 10.1 Å². The number of carbonyl (C=O) groups excluding carboxylic acids is 1. The number of fused-ring (bicyclic) bond motifs is 1. The number of allylic oxidation sites excluding steroid dienone is 1. The second-order valence-corrected chi connectivity index (χ2v) is 6.78. The van der Waals surface area contributed by atoms with Gasteiger partial charge in [0.15, 0.2) is 5.96 Å². The number of phenols is 1. The van der Waals surface area contributed by atoms with Crippen LogP contribution >= 0.6 is 0 Å². The van der Waals surface area contributed by atoms with E-state index in [9.17, 15) is 20.0 Å². The average Bonchev–Trinajstić information content (AvgIpc) is 3.16. The highest BCUT2D eigenvalue weighted by Gasteiger charge is 2.39. The van der Waals surface area contributed by atoms with Gasteiger partial charge in [-0.25, -0.2) is 0 Å². The van der Waals surface area contributed by atoms with E-state index in [2.05, 4.69) is 15.6 Å². The van der Waals surface area contributed by atoms with Gasteiger partial charge in [0, 0.05) is 35.6 Å². The van der Waals surface area contributed by atoms with Crippen LogP contribution in [0.15, 0.2) is 64.8 Å². The van der Waals surface area contributed by atoms with Crippen LogP contribution < -0.4 is 10.6 Å². The number of nitrogens with zero attached hydrogens (tertiary/aromatic N) is 3. The quantitative estimate of drug-likeness (QED) is 0.542. The number of amides is 1. The Kier molecular flexibility index (Phi) is 4.63. The number of nitro groups is 1. The van der Waals surface area contributed by atoms with Crippen molar-refractivity contribution in [3.8, 4) is 5.75 Å². The van der Waals surface area contributed by atoms with Crippen LogP contribution in [0.25, 0.3) is 0 Å². The number of anilines is 1. The molecule has 3 N–H and O–H groups in total. The Hall–Kier alpha value is -3.88. The Bertz CT molecular complexity index is 1050. The fourth-order valence-electron chi connectivity index (χ4n) is 3.62. The Morgan fingerprint density at radius 2 is 2.00 bits per heavy atom. The SMILES string of the molecule is CC1=C(C(=O)Nc2ccc([N+](=O)[O-])cc2)C(c2ccccc2O)N2CCN=C2N1. The van der Waals surface area contributed by atoms with E-state index in [4.69, 9.17) is 0 Å². The lowest BCUT2D eigenvalue weighted by Crippen LogP contribution is -2.47. The Balaban J connectivity index is 1.70. The Morgan fingerprint density at radius 3 is 2.69 bits per heavy atom. The number of aromatic hydroxyl groups is 1. The van der Waals surface area contributed by atoms with E-state index in [-0.39, 0.29) is 17.3 Å². The maximum Gasteiger partial charge on any atom is 0.269 e. The van der Waals surface area contributed by atoms with Gasteiger partial charge in [-0.3, -0.25) is 19.9 Å². The molecule has 0 saturated heterocycles. The van der Waals surface area contributed by atoms with Crippen molar-refractivity contribution in [1.29, 1.82) is 0 Å². The lowest BCUT2D eigenvalue weighted by atomic mass is 9.92. The van der Waals surface area contributed by atoms with Gasteiger partial charge in [0.1, 0.15) is 5.75 Å². The van der Waals surface area contributed by atoms with Crippen LogP contribution in [0.4, 0.5) is 11.4 Å². The first-order valence-corrected chi connectivity index (χ1v) is 9.08. The van der Waals surface area contributed by atoms with Gasteiger partial charge < -0.3 is 20.6 Å². The molecule has 0 radical (unpaired) electrons. The first kappa shape index (κ1) is 18.5. The van der Waals surface area contributed by atoms with Crippen molar-refractivity contribution in [2.24, 2.45) is 4.99 Å². The molecular weight excluding hydrogens is 374 g/mol. The van der Waals surface area contributed by atoms with E-state index >= 15 is 0 Å². The monoisotopic (exact) mass is 393 g/mol. The van der Waals surface area contributed by atoms with Crippen molar-refractivity contribution in [1.82, 2.24) is 10.2 Å². The molecule has 2 aromatic carbocycles. The number of non-ortho nitro benzene ring substituents is 1. The fraction of sp³-hybridized carbons (Fsp3) is 0.200. The smallest absolute Gasteiger partial charge is 0.269 e. The van der Waals surface area contributed by atoms with Crippen molar-refractivity contribution in [2.75, 3.05) is 18.4 Å². The van der Waals surface area contributed by atoms with Crippen LogP contribution in [0.2, 0.25) is 0 Å². The molecule has 148 valence electrons. The second-order valence-electron chi connectivity index (χ2n) is 6.78. The average molecular weight is 393 g/mol. The largest absolute Gasteiger partial charge is 0.508 e. The van der Waals surface area contributed by atoms with Crippen LogP contribution in [0.3, 0.4) is 0 Å². The van der Waals surface area contributed by atoms with Crippen LogP contribution in [-0.4, -0.2) is 39.9 Å². The summed E-state index contributed by atoms with van der Waals surface area (Å²) in [6.07, 6.45) is 0. The van der Waals surface area contributed by atoms with Gasteiger partial charge >= 0.3 is 0 Å². The van der Waals surface area contributed by atoms with Gasteiger partial charge in [-0.2, -0.15) is 0 Å². The van der Waals surface area contributed by atoms with Crippen LogP contribution in [0.1, 0.15) is 18.5 Å². The van der Waals surface area contributed by atoms with Crippen molar-refractivity contribution in [2.45, 2.75) is 13.0 Å². The third kappa shape index (κ3) is 3.38. The Morgan fingerprint density at radius 1 is 1.28 bits per heavy atom. The summed E-state index contributed by atoms with van der Waals surface area (Å²) in [5.74, 6) is 0.407. The van der Waals surface area contributed by atoms with E-state index in [0.717, 1.165) is 0 Å². The van der Waals surface area contributed by atoms with Gasteiger partial charge in [-0.15, -0.1) is 0 Å². The summed E-state index contributed by atoms with van der Waals surface area (Å²) >= 11 is 0. The number of benzene rings is 2. The highest BCUT2D eigenvalue weighted by molar-refractivity contribution is 6.07. The highest BCUT2D eigenvalue weighted by Crippen LogP contribution is 2.39. The second kappa shape index (κ2) is 7.27. The third-order valence-electron chi connectivity index (χ3n) is 4.97. The number of carbonyl (C=O) groups is 1. The van der Waals surface area contributed by atoms with Gasteiger partial charge in [0.05, 0.1) is 23.1 Å². The molecule has 1 unspecified atom stereocenters. The fourth-order valence-corrected chi connectivity index (χ4v) is 3.62. The van der Waals surface area contributed by atoms with Gasteiger partial charge in [0.2, 0.25) is 0 Å². The molecule has 0 fully saturated rings. The zero-order valence-corrected chi connectivity index (χ0v) is 15.6. The maximum atomic E-state index is 13.2. The lowest BCUT2D eigenvalue weighted by molar-refractivity contribution is -0.384. The Labute approximate surface area is 166 Å². The van der Waals surface area contributed by atoms with Crippen LogP contribution in [-0.2, 0) is 4.79 Å². The molecule has 29 heavy (non-hydrogen) atoms. The van der Waals surface area contributed by atoms with Gasteiger partial charge in [-0.05, 0) is 25.1 Å². The first-order valence-electron chi connectivity index (χ1n) is 9.08. The van der Waals surface area contributed by atoms with E-state index in [1.165, 1.54) is 24.3 Å². The number of hydrogen-bond acceptors (Lipinski definition) is 7. The minimum Gasteiger partial charge on any atom is -0.508 e. The van der Waals surface area contributed by atoms with Crippen molar-refractivity contribution in [3.05, 3.63) is 75.5 Å². The lowest BCUT2D eigenvalue weighted by Gasteiger charge is -2.37.